The van der Waals surface area contributed by atoms with E-state index in [2.05, 4.69) is 5.32 Å². The standard InChI is InChI=1S/C13H18N2O4/c14-11(13(18)19)5-6-12(17)15-8-7-9-1-3-10(16)4-2-9/h1-4,11,16H,5-8,14H2,(H,15,17)(H,18,19)/t11-/m0/s1. The second-order valence-corrected chi connectivity index (χ2v) is 4.25. The number of carboxylic acid groups (broad SMARTS) is 1. The number of aliphatic carboxylic acids is 1. The van der Waals surface area contributed by atoms with E-state index in [9.17, 15) is 9.59 Å². The van der Waals surface area contributed by atoms with Crippen LogP contribution in [0.4, 0.5) is 0 Å². The molecule has 0 aromatic heterocycles. The van der Waals surface area contributed by atoms with Gasteiger partial charge in [-0.25, -0.2) is 0 Å². The Kier molecular flexibility index (Phi) is 5.81. The number of phenolic OH excluding ortho intramolecular Hbond substituents is 1. The van der Waals surface area contributed by atoms with Crippen LogP contribution in [0, 0.1) is 0 Å². The molecular formula is C13H18N2O4. The van der Waals surface area contributed by atoms with Gasteiger partial charge in [-0.3, -0.25) is 9.59 Å². The molecule has 6 nitrogen and oxygen atoms in total. The van der Waals surface area contributed by atoms with Gasteiger partial charge in [-0.1, -0.05) is 12.1 Å². The van der Waals surface area contributed by atoms with Crippen LogP contribution in [0.25, 0.3) is 0 Å². The van der Waals surface area contributed by atoms with E-state index >= 15 is 0 Å². The number of carboxylic acids is 1. The number of carbonyl (C=O) groups is 2. The third kappa shape index (κ3) is 5.87. The van der Waals surface area contributed by atoms with Crippen LogP contribution < -0.4 is 11.1 Å². The molecule has 0 saturated carbocycles. The minimum atomic E-state index is -1.10. The van der Waals surface area contributed by atoms with Crippen LogP contribution in [-0.4, -0.2) is 34.7 Å². The lowest BCUT2D eigenvalue weighted by Crippen LogP contribution is -2.33. The molecule has 1 aromatic carbocycles. The Bertz CT molecular complexity index is 431. The van der Waals surface area contributed by atoms with Gasteiger partial charge < -0.3 is 21.3 Å². The monoisotopic (exact) mass is 266 g/mol. The number of phenols is 1. The van der Waals surface area contributed by atoms with Gasteiger partial charge in [0.2, 0.25) is 5.91 Å². The van der Waals surface area contributed by atoms with Crippen LogP contribution in [0.15, 0.2) is 24.3 Å². The predicted molar refractivity (Wildman–Crippen MR) is 69.7 cm³/mol. The SMILES string of the molecule is N[C@@H](CCC(=O)NCCc1ccc(O)cc1)C(=O)O. The molecule has 1 atom stereocenters. The average Bonchev–Trinajstić information content (AvgIpc) is 2.38. The topological polar surface area (TPSA) is 113 Å². The first-order valence-corrected chi connectivity index (χ1v) is 6.02. The fourth-order valence-electron chi connectivity index (χ4n) is 1.51. The third-order valence-corrected chi connectivity index (χ3v) is 2.67. The van der Waals surface area contributed by atoms with Crippen molar-refractivity contribution in [3.8, 4) is 5.75 Å². The van der Waals surface area contributed by atoms with Crippen LogP contribution >= 0.6 is 0 Å². The van der Waals surface area contributed by atoms with E-state index in [1.807, 2.05) is 0 Å². The average molecular weight is 266 g/mol. The summed E-state index contributed by atoms with van der Waals surface area (Å²) < 4.78 is 0. The Morgan fingerprint density at radius 3 is 2.47 bits per heavy atom. The normalized spacial score (nSPS) is 11.8. The van der Waals surface area contributed by atoms with Gasteiger partial charge in [-0.15, -0.1) is 0 Å². The Morgan fingerprint density at radius 1 is 1.26 bits per heavy atom. The zero-order chi connectivity index (χ0) is 14.3. The van der Waals surface area contributed by atoms with E-state index in [1.54, 1.807) is 24.3 Å². The summed E-state index contributed by atoms with van der Waals surface area (Å²) in [6, 6.07) is 5.73. The maximum Gasteiger partial charge on any atom is 0.320 e. The van der Waals surface area contributed by atoms with Crippen molar-refractivity contribution < 1.29 is 19.8 Å². The quantitative estimate of drug-likeness (QED) is 0.565. The number of nitrogens with one attached hydrogen (secondary N) is 1. The second kappa shape index (κ2) is 7.38. The van der Waals surface area contributed by atoms with Crippen molar-refractivity contribution in [3.63, 3.8) is 0 Å². The van der Waals surface area contributed by atoms with E-state index in [0.29, 0.717) is 13.0 Å². The van der Waals surface area contributed by atoms with Gasteiger partial charge in [0.15, 0.2) is 0 Å². The van der Waals surface area contributed by atoms with E-state index < -0.39 is 12.0 Å². The smallest absolute Gasteiger partial charge is 0.320 e. The molecule has 1 amide bonds. The highest BCUT2D eigenvalue weighted by Gasteiger charge is 2.12. The van der Waals surface area contributed by atoms with Crippen molar-refractivity contribution in [2.24, 2.45) is 5.73 Å². The van der Waals surface area contributed by atoms with Gasteiger partial charge in [0.25, 0.3) is 0 Å². The van der Waals surface area contributed by atoms with Crippen molar-refractivity contribution in [2.45, 2.75) is 25.3 Å². The van der Waals surface area contributed by atoms with Crippen molar-refractivity contribution >= 4 is 11.9 Å². The van der Waals surface area contributed by atoms with Crippen molar-refractivity contribution in [1.29, 1.82) is 0 Å². The summed E-state index contributed by atoms with van der Waals surface area (Å²) in [4.78, 5) is 21.9. The van der Waals surface area contributed by atoms with Crippen LogP contribution in [0.3, 0.4) is 0 Å². The summed E-state index contributed by atoms with van der Waals surface area (Å²) in [6.45, 7) is 0.464. The van der Waals surface area contributed by atoms with Gasteiger partial charge in [0.05, 0.1) is 0 Å². The molecule has 0 radical (unpaired) electrons. The van der Waals surface area contributed by atoms with Crippen LogP contribution in [0.2, 0.25) is 0 Å². The first kappa shape index (κ1) is 15.0. The molecule has 0 unspecified atom stereocenters. The maximum absolute atomic E-state index is 11.4. The lowest BCUT2D eigenvalue weighted by atomic mass is 10.1. The van der Waals surface area contributed by atoms with E-state index in [1.165, 1.54) is 0 Å². The summed E-state index contributed by atoms with van der Waals surface area (Å²) in [6.07, 6.45) is 0.875. The summed E-state index contributed by atoms with van der Waals surface area (Å²) in [7, 11) is 0. The number of hydrogen-bond acceptors (Lipinski definition) is 4. The molecule has 6 heteroatoms. The van der Waals surface area contributed by atoms with Crippen LogP contribution in [-0.2, 0) is 16.0 Å². The molecule has 0 fully saturated rings. The number of amides is 1. The molecule has 0 bridgehead atoms. The first-order chi connectivity index (χ1) is 8.99. The third-order valence-electron chi connectivity index (χ3n) is 2.67. The number of carbonyl (C=O) groups excluding carboxylic acids is 1. The summed E-state index contributed by atoms with van der Waals surface area (Å²) in [5.41, 5.74) is 6.30. The fourth-order valence-corrected chi connectivity index (χ4v) is 1.51. The molecule has 19 heavy (non-hydrogen) atoms. The Balaban J connectivity index is 2.20. The Hall–Kier alpha value is -2.08. The Labute approximate surface area is 111 Å². The number of hydrogen-bond donors (Lipinski definition) is 4. The number of rotatable bonds is 7. The van der Waals surface area contributed by atoms with E-state index in [4.69, 9.17) is 15.9 Å². The van der Waals surface area contributed by atoms with Crippen molar-refractivity contribution in [2.75, 3.05) is 6.54 Å². The highest BCUT2D eigenvalue weighted by molar-refractivity contribution is 5.78. The Morgan fingerprint density at radius 2 is 1.89 bits per heavy atom. The molecule has 0 aliphatic rings. The minimum absolute atomic E-state index is 0.100. The molecule has 1 rings (SSSR count). The molecule has 104 valence electrons. The van der Waals surface area contributed by atoms with Crippen molar-refractivity contribution in [1.82, 2.24) is 5.32 Å². The largest absolute Gasteiger partial charge is 0.508 e. The molecule has 0 aliphatic carbocycles. The number of nitrogens with two attached hydrogens (primary N) is 1. The fraction of sp³-hybridized carbons (Fsp3) is 0.385. The summed E-state index contributed by atoms with van der Waals surface area (Å²) >= 11 is 0. The lowest BCUT2D eigenvalue weighted by molar-refractivity contribution is -0.138. The van der Waals surface area contributed by atoms with Gasteiger partial charge in [0, 0.05) is 13.0 Å². The number of benzene rings is 1. The lowest BCUT2D eigenvalue weighted by Gasteiger charge is -2.07. The summed E-state index contributed by atoms with van der Waals surface area (Å²) in [5.74, 6) is -1.11. The highest BCUT2D eigenvalue weighted by Crippen LogP contribution is 2.09. The summed E-state index contributed by atoms with van der Waals surface area (Å²) in [5, 5.41) is 20.4. The highest BCUT2D eigenvalue weighted by atomic mass is 16.4. The van der Waals surface area contributed by atoms with Crippen molar-refractivity contribution in [3.05, 3.63) is 29.8 Å². The molecular weight excluding hydrogens is 248 g/mol. The molecule has 0 spiro atoms. The first-order valence-electron chi connectivity index (χ1n) is 6.02. The minimum Gasteiger partial charge on any atom is -0.508 e. The second-order valence-electron chi connectivity index (χ2n) is 4.25. The zero-order valence-corrected chi connectivity index (χ0v) is 10.5. The molecule has 0 heterocycles. The predicted octanol–water partition coefficient (Wildman–Crippen LogP) is 0.243. The van der Waals surface area contributed by atoms with Crippen LogP contribution in [0.1, 0.15) is 18.4 Å². The van der Waals surface area contributed by atoms with Gasteiger partial charge in [0.1, 0.15) is 11.8 Å². The molecule has 0 aliphatic heterocycles. The number of aromatic hydroxyl groups is 1. The molecule has 5 N–H and O–H groups in total. The molecule has 1 aromatic rings. The van der Waals surface area contributed by atoms with Gasteiger partial charge in [-0.05, 0) is 30.5 Å². The maximum atomic E-state index is 11.4. The van der Waals surface area contributed by atoms with Gasteiger partial charge >= 0.3 is 5.97 Å². The van der Waals surface area contributed by atoms with E-state index in [0.717, 1.165) is 5.56 Å². The van der Waals surface area contributed by atoms with E-state index in [-0.39, 0.29) is 24.5 Å². The van der Waals surface area contributed by atoms with Crippen LogP contribution in [0.5, 0.6) is 5.75 Å². The van der Waals surface area contributed by atoms with Gasteiger partial charge in [-0.2, -0.15) is 0 Å². The zero-order valence-electron chi connectivity index (χ0n) is 10.5. The molecule has 0 saturated heterocycles.